The first-order chi connectivity index (χ1) is 9.22. The fourth-order valence-electron chi connectivity index (χ4n) is 1.94. The minimum Gasteiger partial charge on any atom is -0.743 e. The van der Waals surface area contributed by atoms with Gasteiger partial charge in [-0.15, -0.1) is 0 Å². The molecular formula is C11H18F2NO5S-. The quantitative estimate of drug-likeness (QED) is 0.513. The monoisotopic (exact) mass is 314 g/mol. The zero-order valence-corrected chi connectivity index (χ0v) is 11.8. The molecule has 1 rings (SSSR count). The summed E-state index contributed by atoms with van der Waals surface area (Å²) in [5.41, 5.74) is 0. The van der Waals surface area contributed by atoms with E-state index in [-0.39, 0.29) is 6.42 Å². The third-order valence-corrected chi connectivity index (χ3v) is 3.92. The Bertz CT molecular complexity index is 421. The van der Waals surface area contributed by atoms with Gasteiger partial charge in [-0.05, 0) is 38.9 Å². The van der Waals surface area contributed by atoms with Gasteiger partial charge < -0.3 is 14.2 Å². The topological polar surface area (TPSA) is 86.7 Å². The van der Waals surface area contributed by atoms with Crippen LogP contribution in [0.3, 0.4) is 0 Å². The van der Waals surface area contributed by atoms with E-state index in [4.69, 9.17) is 0 Å². The van der Waals surface area contributed by atoms with E-state index < -0.39 is 27.9 Å². The average Bonchev–Trinajstić information content (AvgIpc) is 2.36. The van der Waals surface area contributed by atoms with Crippen LogP contribution in [0.25, 0.3) is 0 Å². The molecule has 0 aromatic rings. The molecule has 1 aliphatic heterocycles. The largest absolute Gasteiger partial charge is 0.743 e. The Morgan fingerprint density at radius 2 is 1.85 bits per heavy atom. The van der Waals surface area contributed by atoms with Crippen molar-refractivity contribution in [3.63, 3.8) is 0 Å². The Kier molecular flexibility index (Phi) is 6.28. The van der Waals surface area contributed by atoms with Gasteiger partial charge in [0.15, 0.2) is 16.7 Å². The van der Waals surface area contributed by atoms with Gasteiger partial charge in [-0.1, -0.05) is 6.42 Å². The minimum absolute atomic E-state index is 0.0779. The van der Waals surface area contributed by atoms with Crippen molar-refractivity contribution in [3.8, 4) is 0 Å². The van der Waals surface area contributed by atoms with Gasteiger partial charge in [-0.3, -0.25) is 4.79 Å². The number of nitrogens with zero attached hydrogens (tertiary/aromatic N) is 1. The molecule has 0 aromatic carbocycles. The number of esters is 1. The van der Waals surface area contributed by atoms with Gasteiger partial charge in [-0.25, -0.2) is 8.42 Å². The molecule has 118 valence electrons. The second-order valence-electron chi connectivity index (χ2n) is 4.76. The lowest BCUT2D eigenvalue weighted by atomic mass is 10.1. The normalized spacial score (nSPS) is 17.9. The number of halogens is 2. The van der Waals surface area contributed by atoms with Crippen molar-refractivity contribution in [2.75, 3.05) is 26.2 Å². The summed E-state index contributed by atoms with van der Waals surface area (Å²) in [7, 11) is -5.80. The van der Waals surface area contributed by atoms with Crippen LogP contribution >= 0.6 is 0 Å². The summed E-state index contributed by atoms with van der Waals surface area (Å²) in [5, 5.41) is -4.57. The molecule has 1 heterocycles. The summed E-state index contributed by atoms with van der Waals surface area (Å²) >= 11 is 0. The summed E-state index contributed by atoms with van der Waals surface area (Å²) in [4.78, 5) is 13.4. The van der Waals surface area contributed by atoms with Crippen LogP contribution in [0.15, 0.2) is 0 Å². The lowest BCUT2D eigenvalue weighted by Crippen LogP contribution is -2.35. The first-order valence-corrected chi connectivity index (χ1v) is 7.84. The zero-order valence-electron chi connectivity index (χ0n) is 11.0. The SMILES string of the molecule is O=C(CCCN1CCCCC1)OCC(F)(F)S(=O)(=O)[O-]. The van der Waals surface area contributed by atoms with Crippen LogP contribution in [0, 0.1) is 0 Å². The van der Waals surface area contributed by atoms with E-state index in [0.29, 0.717) is 13.0 Å². The van der Waals surface area contributed by atoms with Crippen LogP contribution in [-0.4, -0.2) is 55.3 Å². The fraction of sp³-hybridized carbons (Fsp3) is 0.909. The predicted octanol–water partition coefficient (Wildman–Crippen LogP) is 0.934. The number of hydrogen-bond donors (Lipinski definition) is 0. The maximum absolute atomic E-state index is 12.7. The summed E-state index contributed by atoms with van der Waals surface area (Å²) in [6, 6.07) is 0. The van der Waals surface area contributed by atoms with Crippen molar-refractivity contribution < 1.29 is 31.3 Å². The van der Waals surface area contributed by atoms with Crippen molar-refractivity contribution >= 4 is 16.1 Å². The van der Waals surface area contributed by atoms with Gasteiger partial charge in [0.2, 0.25) is 0 Å². The van der Waals surface area contributed by atoms with E-state index >= 15 is 0 Å². The van der Waals surface area contributed by atoms with Crippen LogP contribution in [0.1, 0.15) is 32.1 Å². The van der Waals surface area contributed by atoms with Crippen molar-refractivity contribution in [2.45, 2.75) is 37.4 Å². The molecule has 0 saturated carbocycles. The standard InChI is InChI=1S/C11H19F2NO5S/c12-11(13,20(16,17)18)9-19-10(15)5-4-8-14-6-2-1-3-7-14/h1-9H2,(H,16,17,18)/p-1. The highest BCUT2D eigenvalue weighted by molar-refractivity contribution is 7.86. The Labute approximate surface area is 116 Å². The van der Waals surface area contributed by atoms with Gasteiger partial charge in [0, 0.05) is 6.42 Å². The number of alkyl halides is 2. The highest BCUT2D eigenvalue weighted by Crippen LogP contribution is 2.20. The molecule has 0 amide bonds. The molecule has 0 N–H and O–H groups in total. The number of carbonyl (C=O) groups is 1. The van der Waals surface area contributed by atoms with Crippen molar-refractivity contribution in [2.24, 2.45) is 0 Å². The molecule has 1 fully saturated rings. The average molecular weight is 314 g/mol. The summed E-state index contributed by atoms with van der Waals surface area (Å²) < 4.78 is 60.1. The number of likely N-dealkylation sites (tertiary alicyclic amines) is 1. The maximum Gasteiger partial charge on any atom is 0.367 e. The lowest BCUT2D eigenvalue weighted by Gasteiger charge is -2.26. The molecule has 20 heavy (non-hydrogen) atoms. The van der Waals surface area contributed by atoms with Crippen LogP contribution < -0.4 is 0 Å². The number of ether oxygens (including phenoxy) is 1. The van der Waals surface area contributed by atoms with Crippen molar-refractivity contribution in [3.05, 3.63) is 0 Å². The third kappa shape index (κ3) is 5.68. The second-order valence-corrected chi connectivity index (χ2v) is 6.26. The van der Waals surface area contributed by atoms with Gasteiger partial charge in [0.1, 0.15) is 0 Å². The van der Waals surface area contributed by atoms with Gasteiger partial charge >= 0.3 is 11.2 Å². The van der Waals surface area contributed by atoms with E-state index in [1.165, 1.54) is 6.42 Å². The van der Waals surface area contributed by atoms with Crippen LogP contribution in [-0.2, 0) is 19.6 Å². The molecule has 1 saturated heterocycles. The van der Waals surface area contributed by atoms with E-state index in [1.54, 1.807) is 0 Å². The van der Waals surface area contributed by atoms with E-state index in [2.05, 4.69) is 9.64 Å². The third-order valence-electron chi connectivity index (χ3n) is 3.07. The number of rotatable bonds is 7. The molecule has 0 atom stereocenters. The van der Waals surface area contributed by atoms with Gasteiger partial charge in [-0.2, -0.15) is 8.78 Å². The first kappa shape index (κ1) is 17.3. The highest BCUT2D eigenvalue weighted by atomic mass is 32.2. The molecule has 0 bridgehead atoms. The number of hydrogen-bond acceptors (Lipinski definition) is 6. The molecule has 0 aliphatic carbocycles. The molecule has 6 nitrogen and oxygen atoms in total. The first-order valence-electron chi connectivity index (χ1n) is 6.43. The fourth-order valence-corrected chi connectivity index (χ4v) is 2.14. The molecule has 9 heteroatoms. The molecule has 0 unspecified atom stereocenters. The second kappa shape index (κ2) is 7.28. The highest BCUT2D eigenvalue weighted by Gasteiger charge is 2.39. The van der Waals surface area contributed by atoms with Crippen LogP contribution in [0.5, 0.6) is 0 Å². The molecular weight excluding hydrogens is 296 g/mol. The van der Waals surface area contributed by atoms with Gasteiger partial charge in [0.25, 0.3) is 0 Å². The molecule has 0 spiro atoms. The maximum atomic E-state index is 12.7. The van der Waals surface area contributed by atoms with Crippen LogP contribution in [0.4, 0.5) is 8.78 Å². The molecule has 0 aromatic heterocycles. The summed E-state index contributed by atoms with van der Waals surface area (Å²) in [6.45, 7) is 0.871. The zero-order chi connectivity index (χ0) is 15.2. The Balaban J connectivity index is 2.20. The van der Waals surface area contributed by atoms with E-state index in [0.717, 1.165) is 25.9 Å². The molecule has 0 radical (unpaired) electrons. The predicted molar refractivity (Wildman–Crippen MR) is 65.1 cm³/mol. The summed E-state index contributed by atoms with van der Waals surface area (Å²) in [6.07, 6.45) is 3.79. The number of carbonyl (C=O) groups excluding carboxylic acids is 1. The van der Waals surface area contributed by atoms with E-state index in [1.807, 2.05) is 0 Å². The van der Waals surface area contributed by atoms with Crippen molar-refractivity contribution in [1.29, 1.82) is 0 Å². The number of piperidine rings is 1. The molecule has 1 aliphatic rings. The van der Waals surface area contributed by atoms with Crippen LogP contribution in [0.2, 0.25) is 0 Å². The Morgan fingerprint density at radius 3 is 2.40 bits per heavy atom. The lowest BCUT2D eigenvalue weighted by molar-refractivity contribution is -0.149. The smallest absolute Gasteiger partial charge is 0.367 e. The van der Waals surface area contributed by atoms with Gasteiger partial charge in [0.05, 0.1) is 0 Å². The summed E-state index contributed by atoms with van der Waals surface area (Å²) in [5.74, 6) is -0.926. The Morgan fingerprint density at radius 1 is 1.25 bits per heavy atom. The van der Waals surface area contributed by atoms with E-state index in [9.17, 15) is 26.5 Å². The van der Waals surface area contributed by atoms with Crippen molar-refractivity contribution in [1.82, 2.24) is 4.90 Å². The Hall–Kier alpha value is -0.800. The minimum atomic E-state index is -5.80.